The van der Waals surface area contributed by atoms with Crippen LogP contribution in [0.25, 0.3) is 11.0 Å². The van der Waals surface area contributed by atoms with Crippen molar-refractivity contribution in [2.24, 2.45) is 0 Å². The van der Waals surface area contributed by atoms with Crippen molar-refractivity contribution in [2.75, 3.05) is 0 Å². The second-order valence-electron chi connectivity index (χ2n) is 4.69. The third kappa shape index (κ3) is 6.80. The SMILES string of the molecule is CC=CCCCCCCC.c1ccc2[nH]cnc2c1. The lowest BCUT2D eigenvalue weighted by Crippen LogP contribution is -1.75. The van der Waals surface area contributed by atoms with Gasteiger partial charge in [0.25, 0.3) is 0 Å². The number of hydrogen-bond donors (Lipinski definition) is 1. The number of imidazole rings is 1. The molecule has 0 atom stereocenters. The zero-order valence-corrected chi connectivity index (χ0v) is 12.2. The summed E-state index contributed by atoms with van der Waals surface area (Å²) in [6, 6.07) is 7.94. The van der Waals surface area contributed by atoms with Gasteiger partial charge in [0.1, 0.15) is 0 Å². The van der Waals surface area contributed by atoms with Crippen molar-refractivity contribution in [2.45, 2.75) is 52.4 Å². The Morgan fingerprint density at radius 3 is 2.63 bits per heavy atom. The number of benzene rings is 1. The van der Waals surface area contributed by atoms with Crippen LogP contribution in [0.3, 0.4) is 0 Å². The van der Waals surface area contributed by atoms with E-state index < -0.39 is 0 Å². The van der Waals surface area contributed by atoms with Crippen LogP contribution in [-0.2, 0) is 0 Å². The minimum Gasteiger partial charge on any atom is -0.345 e. The minimum absolute atomic E-state index is 1.03. The van der Waals surface area contributed by atoms with Gasteiger partial charge in [0.15, 0.2) is 0 Å². The first-order chi connectivity index (χ1) is 9.38. The Morgan fingerprint density at radius 2 is 1.89 bits per heavy atom. The van der Waals surface area contributed by atoms with Crippen LogP contribution >= 0.6 is 0 Å². The number of hydrogen-bond acceptors (Lipinski definition) is 1. The number of aromatic nitrogens is 2. The fraction of sp³-hybridized carbons (Fsp3) is 0.471. The molecule has 0 fully saturated rings. The van der Waals surface area contributed by atoms with E-state index in [2.05, 4.69) is 36.0 Å². The van der Waals surface area contributed by atoms with Crippen molar-refractivity contribution in [3.63, 3.8) is 0 Å². The van der Waals surface area contributed by atoms with Crippen LogP contribution in [0.2, 0.25) is 0 Å². The molecule has 19 heavy (non-hydrogen) atoms. The van der Waals surface area contributed by atoms with E-state index in [1.165, 1.54) is 38.5 Å². The third-order valence-electron chi connectivity index (χ3n) is 3.04. The molecule has 0 spiro atoms. The third-order valence-corrected chi connectivity index (χ3v) is 3.04. The van der Waals surface area contributed by atoms with Crippen LogP contribution in [0.1, 0.15) is 52.4 Å². The lowest BCUT2D eigenvalue weighted by Gasteiger charge is -1.95. The molecule has 104 valence electrons. The number of rotatable bonds is 6. The predicted octanol–water partition coefficient (Wildman–Crippen LogP) is 5.49. The van der Waals surface area contributed by atoms with Crippen molar-refractivity contribution >= 4 is 11.0 Å². The van der Waals surface area contributed by atoms with Gasteiger partial charge in [0.05, 0.1) is 17.4 Å². The molecule has 0 aliphatic heterocycles. The summed E-state index contributed by atoms with van der Waals surface area (Å²) < 4.78 is 0. The summed E-state index contributed by atoms with van der Waals surface area (Å²) >= 11 is 0. The number of H-pyrrole nitrogens is 1. The Labute approximate surface area is 117 Å². The standard InChI is InChI=1S/C10H20.C7H6N2/c1-3-5-7-9-10-8-6-4-2;1-2-4-7-6(3-1)8-5-9-7/h3,5H,4,6-10H2,1-2H3;1-5H,(H,8,9). The van der Waals surface area contributed by atoms with Crippen LogP contribution in [-0.4, -0.2) is 9.97 Å². The highest BCUT2D eigenvalue weighted by molar-refractivity contribution is 5.73. The maximum atomic E-state index is 4.06. The number of nitrogens with one attached hydrogen (secondary N) is 1. The van der Waals surface area contributed by atoms with E-state index in [0.717, 1.165) is 11.0 Å². The van der Waals surface area contributed by atoms with Gasteiger partial charge in [-0.15, -0.1) is 0 Å². The maximum absolute atomic E-state index is 4.06. The summed E-state index contributed by atoms with van der Waals surface area (Å²) in [6.45, 7) is 4.35. The summed E-state index contributed by atoms with van der Waals surface area (Å²) in [6.07, 6.45) is 14.4. The van der Waals surface area contributed by atoms with Crippen LogP contribution in [0, 0.1) is 0 Å². The monoisotopic (exact) mass is 258 g/mol. The van der Waals surface area contributed by atoms with Gasteiger partial charge in [-0.2, -0.15) is 0 Å². The Kier molecular flexibility index (Phi) is 8.45. The molecule has 1 aromatic heterocycles. The van der Waals surface area contributed by atoms with Crippen LogP contribution in [0.15, 0.2) is 42.7 Å². The van der Waals surface area contributed by atoms with Gasteiger partial charge in [0, 0.05) is 0 Å². The Morgan fingerprint density at radius 1 is 1.11 bits per heavy atom. The quantitative estimate of drug-likeness (QED) is 0.539. The average Bonchev–Trinajstić information content (AvgIpc) is 2.92. The van der Waals surface area contributed by atoms with Crippen LogP contribution in [0.5, 0.6) is 0 Å². The van der Waals surface area contributed by atoms with Crippen molar-refractivity contribution in [3.8, 4) is 0 Å². The average molecular weight is 258 g/mol. The number of allylic oxidation sites excluding steroid dienone is 2. The van der Waals surface area contributed by atoms with Crippen molar-refractivity contribution in [1.82, 2.24) is 9.97 Å². The minimum atomic E-state index is 1.03. The first-order valence-electron chi connectivity index (χ1n) is 7.37. The highest BCUT2D eigenvalue weighted by atomic mass is 14.9. The Hall–Kier alpha value is -1.57. The van der Waals surface area contributed by atoms with Crippen LogP contribution in [0.4, 0.5) is 0 Å². The largest absolute Gasteiger partial charge is 0.345 e. The smallest absolute Gasteiger partial charge is 0.0931 e. The second-order valence-corrected chi connectivity index (χ2v) is 4.69. The molecule has 0 aliphatic carbocycles. The first kappa shape index (κ1) is 15.5. The summed E-state index contributed by atoms with van der Waals surface area (Å²) in [7, 11) is 0. The van der Waals surface area contributed by atoms with Gasteiger partial charge < -0.3 is 4.98 Å². The lowest BCUT2D eigenvalue weighted by atomic mass is 10.1. The van der Waals surface area contributed by atoms with Gasteiger partial charge >= 0.3 is 0 Å². The molecular formula is C17H26N2. The lowest BCUT2D eigenvalue weighted by molar-refractivity contribution is 0.637. The molecule has 0 saturated carbocycles. The molecule has 2 rings (SSSR count). The van der Waals surface area contributed by atoms with Gasteiger partial charge in [-0.3, -0.25) is 0 Å². The number of aromatic amines is 1. The van der Waals surface area contributed by atoms with Crippen molar-refractivity contribution in [3.05, 3.63) is 42.7 Å². The van der Waals surface area contributed by atoms with Gasteiger partial charge in [0.2, 0.25) is 0 Å². The maximum Gasteiger partial charge on any atom is 0.0931 e. The summed E-state index contributed by atoms with van der Waals surface area (Å²) in [5.41, 5.74) is 2.12. The van der Waals surface area contributed by atoms with E-state index in [1.54, 1.807) is 6.33 Å². The molecule has 0 bridgehead atoms. The van der Waals surface area contributed by atoms with Crippen LogP contribution < -0.4 is 0 Å². The van der Waals surface area contributed by atoms with Gasteiger partial charge in [-0.25, -0.2) is 4.98 Å². The number of fused-ring (bicyclic) bond motifs is 1. The van der Waals surface area contributed by atoms with E-state index in [4.69, 9.17) is 0 Å². The fourth-order valence-corrected chi connectivity index (χ4v) is 1.91. The van der Waals surface area contributed by atoms with E-state index in [1.807, 2.05) is 24.3 Å². The van der Waals surface area contributed by atoms with E-state index >= 15 is 0 Å². The van der Waals surface area contributed by atoms with E-state index in [9.17, 15) is 0 Å². The zero-order valence-electron chi connectivity index (χ0n) is 12.2. The molecular weight excluding hydrogens is 232 g/mol. The summed E-state index contributed by atoms with van der Waals surface area (Å²) in [4.78, 5) is 7.07. The van der Waals surface area contributed by atoms with Crippen molar-refractivity contribution < 1.29 is 0 Å². The molecule has 2 heteroatoms. The molecule has 2 nitrogen and oxygen atoms in total. The fourth-order valence-electron chi connectivity index (χ4n) is 1.91. The van der Waals surface area contributed by atoms with Gasteiger partial charge in [-0.1, -0.05) is 56.9 Å². The molecule has 1 N–H and O–H groups in total. The molecule has 1 aromatic carbocycles. The topological polar surface area (TPSA) is 28.7 Å². The number of unbranched alkanes of at least 4 members (excludes halogenated alkanes) is 5. The highest BCUT2D eigenvalue weighted by Crippen LogP contribution is 2.05. The number of nitrogens with zero attached hydrogens (tertiary/aromatic N) is 1. The zero-order chi connectivity index (χ0) is 13.8. The Balaban J connectivity index is 0.000000190. The van der Waals surface area contributed by atoms with E-state index in [-0.39, 0.29) is 0 Å². The molecule has 0 aliphatic rings. The predicted molar refractivity (Wildman–Crippen MR) is 84.3 cm³/mol. The Bertz CT molecular complexity index is 427. The van der Waals surface area contributed by atoms with Gasteiger partial charge in [-0.05, 0) is 31.9 Å². The summed E-state index contributed by atoms with van der Waals surface area (Å²) in [5.74, 6) is 0. The molecule has 0 radical (unpaired) electrons. The highest BCUT2D eigenvalue weighted by Gasteiger charge is 1.88. The first-order valence-corrected chi connectivity index (χ1v) is 7.37. The summed E-state index contributed by atoms with van der Waals surface area (Å²) in [5, 5.41) is 0. The molecule has 0 amide bonds. The normalized spacial score (nSPS) is 10.6. The molecule has 0 unspecified atom stereocenters. The molecule has 2 aromatic rings. The van der Waals surface area contributed by atoms with Crippen molar-refractivity contribution in [1.29, 1.82) is 0 Å². The molecule has 0 saturated heterocycles. The second kappa shape index (κ2) is 10.4. The van der Waals surface area contributed by atoms with E-state index in [0.29, 0.717) is 0 Å². The number of para-hydroxylation sites is 2. The molecule has 1 heterocycles.